The summed E-state index contributed by atoms with van der Waals surface area (Å²) in [4.78, 5) is 21.9. The lowest BCUT2D eigenvalue weighted by atomic mass is 10.0. The van der Waals surface area contributed by atoms with Crippen molar-refractivity contribution in [2.24, 2.45) is 0 Å². The van der Waals surface area contributed by atoms with Gasteiger partial charge in [0.2, 0.25) is 0 Å². The van der Waals surface area contributed by atoms with Gasteiger partial charge in [0, 0.05) is 11.6 Å². The number of carbonyl (C=O) groups excluding carboxylic acids is 1. The van der Waals surface area contributed by atoms with Crippen LogP contribution in [0.5, 0.6) is 0 Å². The van der Waals surface area contributed by atoms with Crippen molar-refractivity contribution in [3.8, 4) is 17.4 Å². The number of carbonyl (C=O) groups is 1. The second-order valence-electron chi connectivity index (χ2n) is 6.03. The molecule has 1 amide bonds. The van der Waals surface area contributed by atoms with Gasteiger partial charge in [0.25, 0.3) is 5.91 Å². The van der Waals surface area contributed by atoms with Gasteiger partial charge >= 0.3 is 0 Å². The summed E-state index contributed by atoms with van der Waals surface area (Å²) in [6, 6.07) is 9.02. The highest BCUT2D eigenvalue weighted by atomic mass is 32.1. The van der Waals surface area contributed by atoms with Crippen LogP contribution in [0.1, 0.15) is 20.8 Å². The maximum atomic E-state index is 12.8. The molecule has 0 fully saturated rings. The fraction of sp³-hybridized carbons (Fsp3) is 0.0526. The molecule has 4 aromatic rings. The lowest BCUT2D eigenvalue weighted by Crippen LogP contribution is -2.13. The molecule has 138 valence electrons. The van der Waals surface area contributed by atoms with Crippen molar-refractivity contribution in [3.05, 3.63) is 52.7 Å². The fourth-order valence-electron chi connectivity index (χ4n) is 2.90. The lowest BCUT2D eigenvalue weighted by Gasteiger charge is -2.07. The Kier molecular flexibility index (Phi) is 4.18. The maximum absolute atomic E-state index is 12.8. The Labute approximate surface area is 163 Å². The molecule has 9 heteroatoms. The highest BCUT2D eigenvalue weighted by molar-refractivity contribution is 7.21. The minimum absolute atomic E-state index is 0.0509. The van der Waals surface area contributed by atoms with Gasteiger partial charge in [-0.25, -0.2) is 9.97 Å². The van der Waals surface area contributed by atoms with Crippen LogP contribution in [0.3, 0.4) is 0 Å². The molecular weight excluding hydrogens is 376 g/mol. The molecule has 28 heavy (non-hydrogen) atoms. The molecule has 4 rings (SSSR count). The van der Waals surface area contributed by atoms with Gasteiger partial charge in [-0.05, 0) is 36.8 Å². The number of hydrogen-bond acceptors (Lipinski definition) is 8. The number of nitrogen functional groups attached to an aromatic ring is 2. The molecule has 0 spiro atoms. The van der Waals surface area contributed by atoms with E-state index in [0.717, 1.165) is 16.9 Å². The topological polar surface area (TPSA) is 144 Å². The Hall–Kier alpha value is -3.90. The van der Waals surface area contributed by atoms with Crippen LogP contribution < -0.4 is 16.8 Å². The van der Waals surface area contributed by atoms with E-state index >= 15 is 0 Å². The van der Waals surface area contributed by atoms with Gasteiger partial charge in [-0.15, -0.1) is 11.3 Å². The molecule has 0 aliphatic heterocycles. The molecule has 4 aromatic heterocycles. The van der Waals surface area contributed by atoms with Crippen LogP contribution in [0.25, 0.3) is 21.5 Å². The van der Waals surface area contributed by atoms with Gasteiger partial charge in [-0.2, -0.15) is 5.26 Å². The molecule has 8 nitrogen and oxygen atoms in total. The predicted octanol–water partition coefficient (Wildman–Crippen LogP) is 3.55. The predicted molar refractivity (Wildman–Crippen MR) is 108 cm³/mol. The summed E-state index contributed by atoms with van der Waals surface area (Å²) < 4.78 is 5.46. The lowest BCUT2D eigenvalue weighted by molar-refractivity contribution is 0.103. The minimum atomic E-state index is -0.416. The highest BCUT2D eigenvalue weighted by Gasteiger charge is 2.25. The van der Waals surface area contributed by atoms with E-state index in [9.17, 15) is 10.1 Å². The third kappa shape index (κ3) is 2.82. The van der Waals surface area contributed by atoms with Crippen molar-refractivity contribution in [2.45, 2.75) is 6.92 Å². The maximum Gasteiger partial charge on any atom is 0.269 e. The second kappa shape index (κ2) is 6.68. The number of rotatable bonds is 3. The first-order chi connectivity index (χ1) is 13.5. The highest BCUT2D eigenvalue weighted by Crippen LogP contribution is 2.42. The number of amides is 1. The number of fused-ring (bicyclic) bond motifs is 1. The van der Waals surface area contributed by atoms with Gasteiger partial charge in [-0.1, -0.05) is 0 Å². The molecule has 0 aliphatic carbocycles. The van der Waals surface area contributed by atoms with Crippen molar-refractivity contribution in [3.63, 3.8) is 0 Å². The van der Waals surface area contributed by atoms with Crippen molar-refractivity contribution >= 4 is 44.8 Å². The number of nitrogens with zero attached hydrogens (tertiary/aromatic N) is 3. The van der Waals surface area contributed by atoms with E-state index in [-0.39, 0.29) is 21.9 Å². The zero-order valence-electron chi connectivity index (χ0n) is 14.7. The van der Waals surface area contributed by atoms with E-state index < -0.39 is 5.91 Å². The first-order valence-electron chi connectivity index (χ1n) is 8.19. The summed E-state index contributed by atoms with van der Waals surface area (Å²) in [6.07, 6.45) is 3.09. The van der Waals surface area contributed by atoms with Crippen molar-refractivity contribution < 1.29 is 9.21 Å². The van der Waals surface area contributed by atoms with Gasteiger partial charge < -0.3 is 21.2 Å². The molecule has 0 aliphatic rings. The average Bonchev–Trinajstić information content (AvgIpc) is 3.29. The number of thiophene rings is 1. The average molecular weight is 390 g/mol. The molecule has 4 heterocycles. The smallest absolute Gasteiger partial charge is 0.269 e. The van der Waals surface area contributed by atoms with Crippen LogP contribution in [0.15, 0.2) is 41.1 Å². The van der Waals surface area contributed by atoms with E-state index in [0.29, 0.717) is 27.4 Å². The van der Waals surface area contributed by atoms with Gasteiger partial charge in [0.15, 0.2) is 0 Å². The third-order valence-electron chi connectivity index (χ3n) is 4.15. The summed E-state index contributed by atoms with van der Waals surface area (Å²) >= 11 is 1.09. The number of pyridine rings is 2. The van der Waals surface area contributed by atoms with E-state index in [4.69, 9.17) is 15.9 Å². The number of aromatic nitrogens is 2. The van der Waals surface area contributed by atoms with Gasteiger partial charge in [-0.3, -0.25) is 4.79 Å². The zero-order chi connectivity index (χ0) is 19.8. The Balaban J connectivity index is 1.88. The van der Waals surface area contributed by atoms with Crippen LogP contribution in [-0.4, -0.2) is 15.9 Å². The van der Waals surface area contributed by atoms with Crippen LogP contribution in [0.4, 0.5) is 17.3 Å². The standard InChI is InChI=1S/C19H14N6O2S/c1-9-4-5-23-12(7-9)24-18(26)16-15(21)14-13(11-3-2-6-27-11)10(8-20)17(22)25-19(14)28-16/h2-7H,21H2,1H3,(H2,22,25)(H,23,24,26). The first-order valence-corrected chi connectivity index (χ1v) is 9.00. The summed E-state index contributed by atoms with van der Waals surface area (Å²) in [6.45, 7) is 1.90. The number of nitrogens with one attached hydrogen (secondary N) is 1. The van der Waals surface area contributed by atoms with E-state index in [1.807, 2.05) is 19.1 Å². The van der Waals surface area contributed by atoms with E-state index in [1.165, 1.54) is 6.26 Å². The summed E-state index contributed by atoms with van der Waals surface area (Å²) in [5.74, 6) is 0.474. The third-order valence-corrected chi connectivity index (χ3v) is 5.25. The summed E-state index contributed by atoms with van der Waals surface area (Å²) in [7, 11) is 0. The van der Waals surface area contributed by atoms with Gasteiger partial charge in [0.1, 0.15) is 38.7 Å². The number of anilines is 3. The van der Waals surface area contributed by atoms with Crippen molar-refractivity contribution in [1.29, 1.82) is 5.26 Å². The molecule has 0 atom stereocenters. The Morgan fingerprint density at radius 1 is 1.36 bits per heavy atom. The largest absolute Gasteiger partial charge is 0.464 e. The van der Waals surface area contributed by atoms with Crippen LogP contribution >= 0.6 is 11.3 Å². The molecule has 0 bridgehead atoms. The number of nitrogens with two attached hydrogens (primary N) is 2. The molecule has 0 saturated carbocycles. The second-order valence-corrected chi connectivity index (χ2v) is 7.03. The van der Waals surface area contributed by atoms with Crippen LogP contribution in [-0.2, 0) is 0 Å². The zero-order valence-corrected chi connectivity index (χ0v) is 15.5. The SMILES string of the molecule is Cc1ccnc(NC(=O)c2sc3nc(N)c(C#N)c(-c4ccco4)c3c2N)c1. The molecule has 0 unspecified atom stereocenters. The number of aryl methyl sites for hydroxylation is 1. The molecule has 0 radical (unpaired) electrons. The number of nitriles is 1. The molecule has 0 saturated heterocycles. The van der Waals surface area contributed by atoms with Gasteiger partial charge in [0.05, 0.1) is 17.5 Å². The molecular formula is C19H14N6O2S. The van der Waals surface area contributed by atoms with Crippen molar-refractivity contribution in [2.75, 3.05) is 16.8 Å². The summed E-state index contributed by atoms with van der Waals surface area (Å²) in [5.41, 5.74) is 14.0. The number of furan rings is 1. The van der Waals surface area contributed by atoms with Crippen LogP contribution in [0, 0.1) is 18.3 Å². The molecule has 0 aromatic carbocycles. The number of hydrogen-bond donors (Lipinski definition) is 3. The van der Waals surface area contributed by atoms with E-state index in [1.54, 1.807) is 24.4 Å². The summed E-state index contributed by atoms with van der Waals surface area (Å²) in [5, 5.41) is 12.7. The molecule has 5 N–H and O–H groups in total. The van der Waals surface area contributed by atoms with Crippen LogP contribution in [0.2, 0.25) is 0 Å². The normalized spacial score (nSPS) is 10.7. The Morgan fingerprint density at radius 3 is 2.86 bits per heavy atom. The van der Waals surface area contributed by atoms with Crippen molar-refractivity contribution in [1.82, 2.24) is 9.97 Å². The fourth-order valence-corrected chi connectivity index (χ4v) is 3.90. The quantitative estimate of drug-likeness (QED) is 0.485. The first kappa shape index (κ1) is 17.5. The minimum Gasteiger partial charge on any atom is -0.464 e. The monoisotopic (exact) mass is 390 g/mol. The Bertz CT molecular complexity index is 1250. The Morgan fingerprint density at radius 2 is 2.18 bits per heavy atom. The van der Waals surface area contributed by atoms with E-state index in [2.05, 4.69) is 15.3 Å².